The van der Waals surface area contributed by atoms with Crippen LogP contribution in [0.5, 0.6) is 0 Å². The second kappa shape index (κ2) is 4.35. The largest absolute Gasteiger partial charge is 0.453 e. The number of rotatable bonds is 0. The first-order valence-electron chi connectivity index (χ1n) is 7.21. The van der Waals surface area contributed by atoms with Gasteiger partial charge in [-0.3, -0.25) is 0 Å². The van der Waals surface area contributed by atoms with Crippen LogP contribution in [0.1, 0.15) is 30.5 Å². The van der Waals surface area contributed by atoms with E-state index in [1.807, 2.05) is 19.1 Å². The normalized spacial score (nSPS) is 29.1. The lowest BCUT2D eigenvalue weighted by Gasteiger charge is -2.43. The molecule has 21 heavy (non-hydrogen) atoms. The Morgan fingerprint density at radius 1 is 1.38 bits per heavy atom. The fourth-order valence-corrected chi connectivity index (χ4v) is 3.76. The minimum absolute atomic E-state index is 0.122. The lowest BCUT2D eigenvalue weighted by molar-refractivity contribution is -0.138. The maximum absolute atomic E-state index is 12.0. The van der Waals surface area contributed by atoms with Crippen LogP contribution in [-0.4, -0.2) is 34.4 Å². The molecule has 3 heterocycles. The molecule has 1 aromatic rings. The van der Waals surface area contributed by atoms with Gasteiger partial charge in [0.05, 0.1) is 17.5 Å². The molecule has 0 bridgehead atoms. The van der Waals surface area contributed by atoms with Gasteiger partial charge in [0.2, 0.25) is 0 Å². The van der Waals surface area contributed by atoms with E-state index in [0.717, 1.165) is 18.7 Å². The number of oxime groups is 1. The summed E-state index contributed by atoms with van der Waals surface area (Å²) in [5.41, 5.74) is 4.36. The number of hydrogen-bond acceptors (Lipinski definition) is 5. The predicted molar refractivity (Wildman–Crippen MR) is 76.0 cm³/mol. The number of benzene rings is 1. The molecule has 0 saturated heterocycles. The van der Waals surface area contributed by atoms with E-state index in [-0.39, 0.29) is 18.1 Å². The first kappa shape index (κ1) is 12.4. The molecule has 108 valence electrons. The number of fused-ring (bicyclic) bond motifs is 4. The van der Waals surface area contributed by atoms with Crippen LogP contribution in [0.15, 0.2) is 40.7 Å². The molecule has 0 fully saturated rings. The number of ether oxygens (including phenoxy) is 1. The van der Waals surface area contributed by atoms with E-state index >= 15 is 0 Å². The molecule has 0 aromatic heterocycles. The van der Waals surface area contributed by atoms with Crippen LogP contribution in [0.25, 0.3) is 0 Å². The van der Waals surface area contributed by atoms with Gasteiger partial charge in [-0.1, -0.05) is 29.4 Å². The summed E-state index contributed by atoms with van der Waals surface area (Å²) in [6, 6.07) is 8.47. The second-order valence-electron chi connectivity index (χ2n) is 5.72. The quantitative estimate of drug-likeness (QED) is 0.450. The molecule has 5 nitrogen and oxygen atoms in total. The third-order valence-electron chi connectivity index (χ3n) is 4.65. The number of hydrogen-bond donors (Lipinski definition) is 1. The highest BCUT2D eigenvalue weighted by Crippen LogP contribution is 2.43. The summed E-state index contributed by atoms with van der Waals surface area (Å²) in [6.07, 6.45) is 1.21. The van der Waals surface area contributed by atoms with E-state index < -0.39 is 0 Å². The summed E-state index contributed by atoms with van der Waals surface area (Å²) in [5, 5.41) is 12.7. The number of esters is 1. The van der Waals surface area contributed by atoms with Crippen molar-refractivity contribution in [1.82, 2.24) is 4.90 Å². The van der Waals surface area contributed by atoms with Crippen molar-refractivity contribution in [2.45, 2.75) is 31.9 Å². The van der Waals surface area contributed by atoms with Crippen molar-refractivity contribution in [3.05, 3.63) is 46.7 Å². The summed E-state index contributed by atoms with van der Waals surface area (Å²) in [4.78, 5) is 14.3. The maximum atomic E-state index is 12.0. The molecule has 1 N–H and O–H groups in total. The van der Waals surface area contributed by atoms with Crippen LogP contribution in [0.2, 0.25) is 0 Å². The Labute approximate surface area is 122 Å². The lowest BCUT2D eigenvalue weighted by Crippen LogP contribution is -2.42. The molecule has 0 unspecified atom stereocenters. The van der Waals surface area contributed by atoms with Gasteiger partial charge in [0.1, 0.15) is 11.7 Å². The van der Waals surface area contributed by atoms with Crippen LogP contribution in [0.3, 0.4) is 0 Å². The minimum atomic E-state index is -0.373. The SMILES string of the molecule is C[C@@H]1OC(=O)C2=C1N1CCc3ccccc3[C@H]1C/C2=N/O. The highest BCUT2D eigenvalue weighted by molar-refractivity contribution is 6.22. The second-order valence-corrected chi connectivity index (χ2v) is 5.72. The van der Waals surface area contributed by atoms with Gasteiger partial charge in [0.15, 0.2) is 0 Å². The van der Waals surface area contributed by atoms with Crippen molar-refractivity contribution in [3.63, 3.8) is 0 Å². The van der Waals surface area contributed by atoms with E-state index in [2.05, 4.69) is 22.2 Å². The van der Waals surface area contributed by atoms with Crippen molar-refractivity contribution in [2.24, 2.45) is 5.16 Å². The van der Waals surface area contributed by atoms with Crippen molar-refractivity contribution in [3.8, 4) is 0 Å². The summed E-state index contributed by atoms with van der Waals surface area (Å²) in [6.45, 7) is 2.73. The molecule has 0 aliphatic carbocycles. The molecule has 3 aliphatic rings. The zero-order valence-electron chi connectivity index (χ0n) is 11.7. The Bertz CT molecular complexity index is 693. The zero-order valence-corrected chi connectivity index (χ0v) is 11.7. The Balaban J connectivity index is 1.88. The summed E-state index contributed by atoms with van der Waals surface area (Å²) in [5.74, 6) is -0.373. The van der Waals surface area contributed by atoms with Gasteiger partial charge >= 0.3 is 5.97 Å². The predicted octanol–water partition coefficient (Wildman–Crippen LogP) is 2.02. The number of carbonyl (C=O) groups is 1. The van der Waals surface area contributed by atoms with Crippen molar-refractivity contribution in [1.29, 1.82) is 0 Å². The molecular weight excluding hydrogens is 268 g/mol. The molecule has 2 atom stereocenters. The summed E-state index contributed by atoms with van der Waals surface area (Å²) >= 11 is 0. The van der Waals surface area contributed by atoms with Gasteiger partial charge in [0.25, 0.3) is 0 Å². The van der Waals surface area contributed by atoms with Crippen molar-refractivity contribution >= 4 is 11.7 Å². The standard InChI is InChI=1S/C16H16N2O3/c1-9-15-14(16(19)21-9)12(17-20)8-13-11-5-3-2-4-10(11)6-7-18(13)15/h2-5,9,13,20H,6-8H2,1H3/b17-12-/t9-,13+/m0/s1. The molecule has 5 heteroatoms. The van der Waals surface area contributed by atoms with Gasteiger partial charge in [0, 0.05) is 13.0 Å². The molecule has 1 aromatic carbocycles. The van der Waals surface area contributed by atoms with Gasteiger partial charge in [-0.05, 0) is 24.5 Å². The van der Waals surface area contributed by atoms with E-state index in [1.54, 1.807) is 0 Å². The molecule has 0 spiro atoms. The van der Waals surface area contributed by atoms with Crippen LogP contribution >= 0.6 is 0 Å². The van der Waals surface area contributed by atoms with E-state index in [4.69, 9.17) is 4.74 Å². The third-order valence-corrected chi connectivity index (χ3v) is 4.65. The molecule has 3 aliphatic heterocycles. The lowest BCUT2D eigenvalue weighted by atomic mass is 9.84. The smallest absolute Gasteiger partial charge is 0.342 e. The highest BCUT2D eigenvalue weighted by Gasteiger charge is 2.45. The highest BCUT2D eigenvalue weighted by atomic mass is 16.5. The summed E-state index contributed by atoms with van der Waals surface area (Å²) in [7, 11) is 0. The van der Waals surface area contributed by atoms with E-state index in [9.17, 15) is 10.0 Å². The third kappa shape index (κ3) is 1.63. The van der Waals surface area contributed by atoms with Gasteiger partial charge in [-0.2, -0.15) is 0 Å². The van der Waals surface area contributed by atoms with Crippen molar-refractivity contribution in [2.75, 3.05) is 6.54 Å². The van der Waals surface area contributed by atoms with Crippen LogP contribution in [-0.2, 0) is 16.0 Å². The fourth-order valence-electron chi connectivity index (χ4n) is 3.76. The molecule has 0 amide bonds. The van der Waals surface area contributed by atoms with Gasteiger partial charge in [-0.25, -0.2) is 4.79 Å². The molecule has 4 rings (SSSR count). The van der Waals surface area contributed by atoms with E-state index in [1.165, 1.54) is 11.1 Å². The number of carbonyl (C=O) groups excluding carboxylic acids is 1. The molecular formula is C16H16N2O3. The topological polar surface area (TPSA) is 62.1 Å². The molecule has 0 saturated carbocycles. The maximum Gasteiger partial charge on any atom is 0.342 e. The monoisotopic (exact) mass is 284 g/mol. The van der Waals surface area contributed by atoms with E-state index in [0.29, 0.717) is 17.7 Å². The first-order valence-corrected chi connectivity index (χ1v) is 7.21. The zero-order chi connectivity index (χ0) is 14.6. The fraction of sp³-hybridized carbons (Fsp3) is 0.375. The van der Waals surface area contributed by atoms with Gasteiger partial charge < -0.3 is 14.8 Å². The first-order chi connectivity index (χ1) is 10.2. The summed E-state index contributed by atoms with van der Waals surface area (Å²) < 4.78 is 5.33. The number of nitrogens with zero attached hydrogens (tertiary/aromatic N) is 2. The minimum Gasteiger partial charge on any atom is -0.453 e. The molecule has 0 radical (unpaired) electrons. The average molecular weight is 284 g/mol. The Hall–Kier alpha value is -2.30. The Morgan fingerprint density at radius 3 is 3.00 bits per heavy atom. The Morgan fingerprint density at radius 2 is 2.19 bits per heavy atom. The van der Waals surface area contributed by atoms with Crippen LogP contribution in [0.4, 0.5) is 0 Å². The average Bonchev–Trinajstić information content (AvgIpc) is 2.81. The van der Waals surface area contributed by atoms with Crippen molar-refractivity contribution < 1.29 is 14.7 Å². The van der Waals surface area contributed by atoms with Crippen LogP contribution < -0.4 is 0 Å². The van der Waals surface area contributed by atoms with Gasteiger partial charge in [-0.15, -0.1) is 0 Å². The Kier molecular flexibility index (Phi) is 2.58. The van der Waals surface area contributed by atoms with Crippen LogP contribution in [0, 0.1) is 0 Å². The number of cyclic esters (lactones) is 1.